The summed E-state index contributed by atoms with van der Waals surface area (Å²) in [4.78, 5) is 25.3. The first kappa shape index (κ1) is 21.8. The van der Waals surface area contributed by atoms with E-state index in [4.69, 9.17) is 18.9 Å². The maximum Gasteiger partial charge on any atom is 0.310 e. The van der Waals surface area contributed by atoms with Gasteiger partial charge in [-0.05, 0) is 42.7 Å². The third-order valence-corrected chi connectivity index (χ3v) is 6.01. The molecule has 8 heteroatoms. The zero-order chi connectivity index (χ0) is 22.6. The number of nitrogens with one attached hydrogen (secondary N) is 2. The van der Waals surface area contributed by atoms with E-state index in [1.165, 1.54) is 0 Å². The van der Waals surface area contributed by atoms with Crippen LogP contribution in [-0.4, -0.2) is 45.3 Å². The zero-order valence-corrected chi connectivity index (χ0v) is 18.3. The lowest BCUT2D eigenvalue weighted by molar-refractivity contribution is -0.140. The molecule has 170 valence electrons. The molecule has 2 aromatic rings. The Kier molecular flexibility index (Phi) is 6.39. The number of benzene rings is 2. The highest BCUT2D eigenvalue weighted by Crippen LogP contribution is 2.41. The highest BCUT2D eigenvalue weighted by atomic mass is 16.6. The molecule has 1 fully saturated rings. The lowest BCUT2D eigenvalue weighted by Crippen LogP contribution is -2.51. The van der Waals surface area contributed by atoms with Crippen LogP contribution >= 0.6 is 0 Å². The van der Waals surface area contributed by atoms with Gasteiger partial charge >= 0.3 is 11.8 Å². The van der Waals surface area contributed by atoms with Gasteiger partial charge in [-0.3, -0.25) is 9.59 Å². The molecule has 0 unspecified atom stereocenters. The number of carbonyl (C=O) groups is 2. The van der Waals surface area contributed by atoms with Gasteiger partial charge in [-0.15, -0.1) is 0 Å². The van der Waals surface area contributed by atoms with Gasteiger partial charge in [-0.2, -0.15) is 0 Å². The molecule has 0 spiro atoms. The Labute approximate surface area is 187 Å². The molecular formula is C24H28N2O6. The molecule has 0 saturated heterocycles. The van der Waals surface area contributed by atoms with Crippen LogP contribution in [0.4, 0.5) is 0 Å². The van der Waals surface area contributed by atoms with E-state index in [9.17, 15) is 9.59 Å². The Morgan fingerprint density at radius 3 is 2.44 bits per heavy atom. The molecule has 2 N–H and O–H groups in total. The van der Waals surface area contributed by atoms with Crippen molar-refractivity contribution >= 4 is 11.8 Å². The number of fused-ring (bicyclic) bond motifs is 1. The van der Waals surface area contributed by atoms with Crippen LogP contribution in [0.25, 0.3) is 0 Å². The second-order valence-electron chi connectivity index (χ2n) is 8.02. The number of hydrogen-bond donors (Lipinski definition) is 2. The summed E-state index contributed by atoms with van der Waals surface area (Å²) in [7, 11) is 3.15. The van der Waals surface area contributed by atoms with Crippen LogP contribution in [0.2, 0.25) is 0 Å². The molecule has 1 heterocycles. The van der Waals surface area contributed by atoms with Crippen LogP contribution in [0, 0.1) is 0 Å². The van der Waals surface area contributed by atoms with Gasteiger partial charge in [0.2, 0.25) is 0 Å². The quantitative estimate of drug-likeness (QED) is 0.671. The molecule has 1 atom stereocenters. The standard InChI is InChI=1S/C24H28N2O6/c1-29-18-10-9-16(13-21(18)30-2)24(11-5-6-12-24)26-23(28)22(27)25-14-17-15-31-19-7-3-4-8-20(19)32-17/h3-4,7-10,13,17H,5-6,11-12,14-15H2,1-2H3,(H,25,27)(H,26,28)/t17-/m0/s1. The summed E-state index contributed by atoms with van der Waals surface area (Å²) < 4.78 is 22.2. The van der Waals surface area contributed by atoms with Crippen molar-refractivity contribution < 1.29 is 28.5 Å². The molecule has 32 heavy (non-hydrogen) atoms. The van der Waals surface area contributed by atoms with Crippen LogP contribution in [0.15, 0.2) is 42.5 Å². The fourth-order valence-electron chi connectivity index (χ4n) is 4.32. The minimum Gasteiger partial charge on any atom is -0.493 e. The summed E-state index contributed by atoms with van der Waals surface area (Å²) in [6, 6.07) is 13.0. The van der Waals surface area contributed by atoms with E-state index in [0.717, 1.165) is 31.2 Å². The SMILES string of the molecule is COc1ccc(C2(NC(=O)C(=O)NC[C@H]3COc4ccccc4O3)CCCC2)cc1OC. The predicted octanol–water partition coefficient (Wildman–Crippen LogP) is 2.55. The minimum absolute atomic E-state index is 0.171. The third kappa shape index (κ3) is 4.44. The number of para-hydroxylation sites is 2. The van der Waals surface area contributed by atoms with Crippen molar-refractivity contribution in [2.24, 2.45) is 0 Å². The van der Waals surface area contributed by atoms with Gasteiger partial charge in [0.1, 0.15) is 12.7 Å². The van der Waals surface area contributed by atoms with Crippen LogP contribution in [0.1, 0.15) is 31.2 Å². The molecule has 1 aliphatic heterocycles. The van der Waals surface area contributed by atoms with Gasteiger partial charge in [-0.25, -0.2) is 0 Å². The molecule has 1 saturated carbocycles. The maximum atomic E-state index is 12.8. The van der Waals surface area contributed by atoms with Crippen molar-refractivity contribution in [1.29, 1.82) is 0 Å². The van der Waals surface area contributed by atoms with Gasteiger partial charge in [-0.1, -0.05) is 31.0 Å². The summed E-state index contributed by atoms with van der Waals surface area (Å²) >= 11 is 0. The highest BCUT2D eigenvalue weighted by molar-refractivity contribution is 6.35. The van der Waals surface area contributed by atoms with Gasteiger partial charge in [0, 0.05) is 0 Å². The summed E-state index contributed by atoms with van der Waals surface area (Å²) in [5.41, 5.74) is 0.284. The molecule has 2 aromatic carbocycles. The Hall–Kier alpha value is -3.42. The first-order valence-electron chi connectivity index (χ1n) is 10.8. The van der Waals surface area contributed by atoms with Gasteiger partial charge in [0.25, 0.3) is 0 Å². The van der Waals surface area contributed by atoms with E-state index in [1.807, 2.05) is 42.5 Å². The number of methoxy groups -OCH3 is 2. The molecule has 0 bridgehead atoms. The highest BCUT2D eigenvalue weighted by Gasteiger charge is 2.39. The summed E-state index contributed by atoms with van der Waals surface area (Å²) in [5.74, 6) is 1.14. The van der Waals surface area contributed by atoms with E-state index >= 15 is 0 Å². The van der Waals surface area contributed by atoms with Crippen LogP contribution in [0.5, 0.6) is 23.0 Å². The van der Waals surface area contributed by atoms with Crippen LogP contribution < -0.4 is 29.6 Å². The first-order chi connectivity index (χ1) is 15.5. The van der Waals surface area contributed by atoms with Crippen LogP contribution in [0.3, 0.4) is 0 Å². The molecular weight excluding hydrogens is 412 g/mol. The summed E-state index contributed by atoms with van der Waals surface area (Å²) in [6.45, 7) is 0.471. The van der Waals surface area contributed by atoms with E-state index in [0.29, 0.717) is 29.6 Å². The van der Waals surface area contributed by atoms with Gasteiger partial charge in [0.05, 0.1) is 26.3 Å². The molecule has 4 rings (SSSR count). The lowest BCUT2D eigenvalue weighted by atomic mass is 9.87. The largest absolute Gasteiger partial charge is 0.493 e. The van der Waals surface area contributed by atoms with E-state index < -0.39 is 17.4 Å². The van der Waals surface area contributed by atoms with Crippen molar-refractivity contribution in [3.05, 3.63) is 48.0 Å². The Morgan fingerprint density at radius 2 is 1.72 bits per heavy atom. The number of hydrogen-bond acceptors (Lipinski definition) is 6. The van der Waals surface area contributed by atoms with Crippen molar-refractivity contribution in [3.8, 4) is 23.0 Å². The maximum absolute atomic E-state index is 12.8. The molecule has 2 aliphatic rings. The summed E-state index contributed by atoms with van der Waals surface area (Å²) in [5, 5.41) is 5.65. The second kappa shape index (κ2) is 9.38. The molecule has 0 radical (unpaired) electrons. The number of ether oxygens (including phenoxy) is 4. The lowest BCUT2D eigenvalue weighted by Gasteiger charge is -2.31. The molecule has 8 nitrogen and oxygen atoms in total. The molecule has 0 aromatic heterocycles. The topological polar surface area (TPSA) is 95.1 Å². The van der Waals surface area contributed by atoms with Crippen molar-refractivity contribution in [1.82, 2.24) is 10.6 Å². The smallest absolute Gasteiger partial charge is 0.310 e. The number of amides is 2. The summed E-state index contributed by atoms with van der Waals surface area (Å²) in [6.07, 6.45) is 3.05. The predicted molar refractivity (Wildman–Crippen MR) is 117 cm³/mol. The molecule has 2 amide bonds. The Morgan fingerprint density at radius 1 is 1.00 bits per heavy atom. The van der Waals surface area contributed by atoms with E-state index in [2.05, 4.69) is 10.6 Å². The minimum atomic E-state index is -0.695. The first-order valence-corrected chi connectivity index (χ1v) is 10.8. The van der Waals surface area contributed by atoms with Gasteiger partial charge in [0.15, 0.2) is 23.0 Å². The Balaban J connectivity index is 1.39. The monoisotopic (exact) mass is 440 g/mol. The molecule has 1 aliphatic carbocycles. The fraction of sp³-hybridized carbons (Fsp3) is 0.417. The number of rotatable bonds is 6. The van der Waals surface area contributed by atoms with E-state index in [1.54, 1.807) is 14.2 Å². The van der Waals surface area contributed by atoms with Crippen molar-refractivity contribution in [2.75, 3.05) is 27.4 Å². The Bertz CT molecular complexity index is 986. The fourth-order valence-corrected chi connectivity index (χ4v) is 4.32. The van der Waals surface area contributed by atoms with Crippen molar-refractivity contribution in [2.45, 2.75) is 37.3 Å². The zero-order valence-electron chi connectivity index (χ0n) is 18.3. The van der Waals surface area contributed by atoms with E-state index in [-0.39, 0.29) is 12.6 Å². The van der Waals surface area contributed by atoms with Crippen LogP contribution in [-0.2, 0) is 15.1 Å². The normalized spacial score (nSPS) is 18.5. The number of carbonyl (C=O) groups excluding carboxylic acids is 2. The average Bonchev–Trinajstić information content (AvgIpc) is 3.31. The average molecular weight is 440 g/mol. The third-order valence-electron chi connectivity index (χ3n) is 6.01. The second-order valence-corrected chi connectivity index (χ2v) is 8.02. The van der Waals surface area contributed by atoms with Gasteiger partial charge < -0.3 is 29.6 Å². The van der Waals surface area contributed by atoms with Crippen molar-refractivity contribution in [3.63, 3.8) is 0 Å².